The highest BCUT2D eigenvalue weighted by molar-refractivity contribution is 7.89. The molecule has 1 fully saturated rings. The second-order valence-corrected chi connectivity index (χ2v) is 17.3. The number of nitrogens with two attached hydrogens (primary N) is 1. The fourth-order valence-electron chi connectivity index (χ4n) is 6.20. The summed E-state index contributed by atoms with van der Waals surface area (Å²) in [5, 5.41) is 25.1. The number of amides is 3. The summed E-state index contributed by atoms with van der Waals surface area (Å²) in [5.41, 5.74) is 3.89. The van der Waals surface area contributed by atoms with Gasteiger partial charge in [-0.2, -0.15) is 0 Å². The van der Waals surface area contributed by atoms with E-state index in [1.165, 1.54) is 12.1 Å². The number of carbonyl (C=O) groups excluding carboxylic acids is 3. The Hall–Kier alpha value is -4.53. The Kier molecular flexibility index (Phi) is 16.5. The highest BCUT2D eigenvalue weighted by atomic mass is 32.2. The lowest BCUT2D eigenvalue weighted by molar-refractivity contribution is -0.384. The van der Waals surface area contributed by atoms with Crippen LogP contribution >= 0.6 is 11.3 Å². The van der Waals surface area contributed by atoms with Gasteiger partial charge in [0.15, 0.2) is 0 Å². The molecule has 3 amide bonds. The lowest BCUT2D eigenvalue weighted by atomic mass is 9.85. The third-order valence-electron chi connectivity index (χ3n) is 9.22. The lowest BCUT2D eigenvalue weighted by Crippen LogP contribution is -2.57. The molecule has 0 spiro atoms. The van der Waals surface area contributed by atoms with Crippen LogP contribution in [0.1, 0.15) is 51.8 Å². The van der Waals surface area contributed by atoms with Crippen molar-refractivity contribution in [1.29, 1.82) is 0 Å². The molecule has 1 aliphatic rings. The predicted octanol–water partition coefficient (Wildman–Crippen LogP) is 3.61. The molecular formula is C38H53N7O10S2. The number of nitrogens with one attached hydrogen (secondary N) is 3. The number of sulfonamides is 1. The number of rotatable bonds is 21. The third-order valence-corrected chi connectivity index (χ3v) is 11.1. The summed E-state index contributed by atoms with van der Waals surface area (Å²) < 4.78 is 39.5. The van der Waals surface area contributed by atoms with Crippen LogP contribution in [-0.4, -0.2) is 106 Å². The maximum absolute atomic E-state index is 14.0. The number of hydrogen-bond acceptors (Lipinski definition) is 13. The zero-order chi connectivity index (χ0) is 41.8. The number of thiazole rings is 1. The van der Waals surface area contributed by atoms with Crippen molar-refractivity contribution in [2.24, 2.45) is 16.5 Å². The van der Waals surface area contributed by atoms with Crippen molar-refractivity contribution in [1.82, 2.24) is 20.5 Å². The number of likely N-dealkylation sites (tertiary alicyclic amines) is 1. The molecule has 0 aliphatic carbocycles. The van der Waals surface area contributed by atoms with Crippen molar-refractivity contribution in [3.8, 4) is 10.4 Å². The highest BCUT2D eigenvalue weighted by Gasteiger charge is 2.43. The molecule has 57 heavy (non-hydrogen) atoms. The van der Waals surface area contributed by atoms with Crippen molar-refractivity contribution in [2.45, 2.75) is 71.0 Å². The Bertz CT molecular complexity index is 1950. The SMILES string of the molecule is Cc1ncsc1-c1ccc(CNC(=O)[C@@H]2C[C@@H](C)CN2C(=O)[C@@H](NC(=O)CCOCCOCCOCCNc2ccc(S(N)(=O)=O)cc2[N+](=O)[O-])C(C)(C)C)cc1. The highest BCUT2D eigenvalue weighted by Crippen LogP contribution is 2.30. The van der Waals surface area contributed by atoms with Crippen molar-refractivity contribution in [3.63, 3.8) is 0 Å². The minimum Gasteiger partial charge on any atom is -0.379 e. The number of benzene rings is 2. The van der Waals surface area contributed by atoms with Crippen LogP contribution in [0.4, 0.5) is 11.4 Å². The summed E-state index contributed by atoms with van der Waals surface area (Å²) in [6.45, 7) is 11.9. The van der Waals surface area contributed by atoms with Gasteiger partial charge in [-0.15, -0.1) is 11.3 Å². The first-order chi connectivity index (χ1) is 27.0. The van der Waals surface area contributed by atoms with E-state index in [0.29, 0.717) is 19.5 Å². The standard InChI is InChI=1S/C38H53N7O10S2/c1-25-20-32(36(47)41-22-27-6-8-28(9-7-27)34-26(2)42-24-56-34)44(23-25)37(48)35(38(3,4)5)43-33(46)12-14-53-16-18-55-19-17-54-15-13-40-30-11-10-29(57(39,51)52)21-31(30)45(49)50/h6-11,21,24-25,32,35,40H,12-20,22-23H2,1-5H3,(H,41,47)(H,43,46)(H2,39,51,52)/t25-,32+,35-/m1/s1. The van der Waals surface area contributed by atoms with Gasteiger partial charge in [-0.1, -0.05) is 52.0 Å². The van der Waals surface area contributed by atoms with Gasteiger partial charge in [0.25, 0.3) is 5.69 Å². The number of anilines is 1. The molecule has 2 aromatic carbocycles. The summed E-state index contributed by atoms with van der Waals surface area (Å²) >= 11 is 1.58. The number of primary sulfonamides is 1. The van der Waals surface area contributed by atoms with Gasteiger partial charge in [-0.05, 0) is 47.9 Å². The molecule has 3 aromatic rings. The fourth-order valence-corrected chi connectivity index (χ4v) is 7.54. The topological polar surface area (TPSA) is 234 Å². The maximum atomic E-state index is 14.0. The molecule has 312 valence electrons. The van der Waals surface area contributed by atoms with Crippen LogP contribution in [0.5, 0.6) is 0 Å². The molecule has 0 bridgehead atoms. The molecule has 0 radical (unpaired) electrons. The number of nitrogens with zero attached hydrogens (tertiary/aromatic N) is 3. The zero-order valence-corrected chi connectivity index (χ0v) is 34.6. The molecule has 0 saturated carbocycles. The number of nitro groups is 1. The van der Waals surface area contributed by atoms with Crippen LogP contribution in [0.15, 0.2) is 52.9 Å². The van der Waals surface area contributed by atoms with Crippen molar-refractivity contribution in [2.75, 3.05) is 58.0 Å². The second kappa shape index (κ2) is 20.8. The Labute approximate surface area is 337 Å². The van der Waals surface area contributed by atoms with Crippen molar-refractivity contribution in [3.05, 3.63) is 69.3 Å². The first kappa shape index (κ1) is 45.2. The first-order valence-corrected chi connectivity index (χ1v) is 21.0. The Morgan fingerprint density at radius 1 is 1.04 bits per heavy atom. The largest absolute Gasteiger partial charge is 0.379 e. The average molecular weight is 832 g/mol. The molecule has 4 rings (SSSR count). The molecule has 5 N–H and O–H groups in total. The molecule has 2 heterocycles. The number of aromatic nitrogens is 1. The van der Waals surface area contributed by atoms with Gasteiger partial charge in [-0.3, -0.25) is 24.5 Å². The third kappa shape index (κ3) is 13.5. The molecule has 1 saturated heterocycles. The van der Waals surface area contributed by atoms with Gasteiger partial charge in [0.05, 0.1) is 65.5 Å². The number of carbonyl (C=O) groups is 3. The quantitative estimate of drug-likeness (QED) is 0.0685. The van der Waals surface area contributed by atoms with Gasteiger partial charge >= 0.3 is 0 Å². The van der Waals surface area contributed by atoms with Gasteiger partial charge in [0.1, 0.15) is 17.8 Å². The lowest BCUT2D eigenvalue weighted by Gasteiger charge is -2.35. The van der Waals surface area contributed by atoms with E-state index in [4.69, 9.17) is 19.3 Å². The van der Waals surface area contributed by atoms with E-state index in [-0.39, 0.29) is 86.8 Å². The molecule has 17 nitrogen and oxygen atoms in total. The van der Waals surface area contributed by atoms with E-state index in [9.17, 15) is 32.9 Å². The number of hydrogen-bond donors (Lipinski definition) is 4. The van der Waals surface area contributed by atoms with Crippen LogP contribution < -0.4 is 21.1 Å². The Morgan fingerprint density at radius 2 is 1.68 bits per heavy atom. The molecule has 19 heteroatoms. The summed E-state index contributed by atoms with van der Waals surface area (Å²) in [4.78, 5) is 57.7. The van der Waals surface area contributed by atoms with E-state index in [1.54, 1.807) is 16.2 Å². The maximum Gasteiger partial charge on any atom is 0.293 e. The van der Waals surface area contributed by atoms with Gasteiger partial charge in [0.2, 0.25) is 27.7 Å². The van der Waals surface area contributed by atoms with E-state index < -0.39 is 38.1 Å². The van der Waals surface area contributed by atoms with Crippen molar-refractivity contribution >= 4 is 50.5 Å². The van der Waals surface area contributed by atoms with Gasteiger partial charge < -0.3 is 35.1 Å². The molecule has 1 aromatic heterocycles. The smallest absolute Gasteiger partial charge is 0.293 e. The summed E-state index contributed by atoms with van der Waals surface area (Å²) in [6.07, 6.45) is 0.556. The van der Waals surface area contributed by atoms with Crippen LogP contribution in [0.2, 0.25) is 0 Å². The van der Waals surface area contributed by atoms with E-state index in [0.717, 1.165) is 27.8 Å². The predicted molar refractivity (Wildman–Crippen MR) is 215 cm³/mol. The summed E-state index contributed by atoms with van der Waals surface area (Å²) in [5.74, 6) is -0.751. The van der Waals surface area contributed by atoms with E-state index >= 15 is 0 Å². The van der Waals surface area contributed by atoms with Crippen LogP contribution in [-0.2, 0) is 45.2 Å². The molecule has 1 aliphatic heterocycles. The Morgan fingerprint density at radius 3 is 2.28 bits per heavy atom. The monoisotopic (exact) mass is 831 g/mol. The minimum absolute atomic E-state index is 0.0283. The number of nitro benzene ring substituents is 1. The van der Waals surface area contributed by atoms with Crippen LogP contribution in [0, 0.1) is 28.4 Å². The van der Waals surface area contributed by atoms with E-state index in [2.05, 4.69) is 20.9 Å². The average Bonchev–Trinajstić information content (AvgIpc) is 3.77. The number of ether oxygens (including phenoxy) is 3. The zero-order valence-electron chi connectivity index (χ0n) is 32.9. The summed E-state index contributed by atoms with van der Waals surface area (Å²) in [6, 6.07) is 9.83. The molecule has 0 unspecified atom stereocenters. The van der Waals surface area contributed by atoms with Crippen LogP contribution in [0.25, 0.3) is 10.4 Å². The van der Waals surface area contributed by atoms with Gasteiger partial charge in [-0.25, -0.2) is 18.5 Å². The summed E-state index contributed by atoms with van der Waals surface area (Å²) in [7, 11) is -4.08. The second-order valence-electron chi connectivity index (χ2n) is 14.9. The van der Waals surface area contributed by atoms with Gasteiger partial charge in [0, 0.05) is 32.1 Å². The normalized spacial score (nSPS) is 16.3. The molecular weight excluding hydrogens is 779 g/mol. The number of aryl methyl sites for hydroxylation is 1. The minimum atomic E-state index is -4.08. The molecule has 3 atom stereocenters. The van der Waals surface area contributed by atoms with Crippen molar-refractivity contribution < 1.29 is 41.9 Å². The fraction of sp³-hybridized carbons (Fsp3) is 0.526. The van der Waals surface area contributed by atoms with Crippen LogP contribution in [0.3, 0.4) is 0 Å². The first-order valence-electron chi connectivity index (χ1n) is 18.6. The Balaban J connectivity index is 1.12. The van der Waals surface area contributed by atoms with E-state index in [1.807, 2.05) is 64.4 Å².